The predicted molar refractivity (Wildman–Crippen MR) is 87.1 cm³/mol. The smallest absolute Gasteiger partial charge is 0.329 e. The van der Waals surface area contributed by atoms with Gasteiger partial charge in [-0.25, -0.2) is 9.48 Å². The van der Waals surface area contributed by atoms with Crippen molar-refractivity contribution in [2.24, 2.45) is 0 Å². The van der Waals surface area contributed by atoms with Gasteiger partial charge in [0, 0.05) is 11.2 Å². The van der Waals surface area contributed by atoms with E-state index in [0.29, 0.717) is 16.3 Å². The highest BCUT2D eigenvalue weighted by atomic mass is 35.5. The number of carboxylic acids is 1. The zero-order valence-corrected chi connectivity index (χ0v) is 13.9. The van der Waals surface area contributed by atoms with E-state index in [4.69, 9.17) is 11.6 Å². The molecule has 1 amide bonds. The van der Waals surface area contributed by atoms with Gasteiger partial charge in [-0.2, -0.15) is 5.10 Å². The molecule has 23 heavy (non-hydrogen) atoms. The molecule has 0 bridgehead atoms. The van der Waals surface area contributed by atoms with Crippen LogP contribution in [0, 0.1) is 6.92 Å². The molecule has 122 valence electrons. The zero-order valence-electron chi connectivity index (χ0n) is 13.1. The number of carboxylic acid groups (broad SMARTS) is 1. The summed E-state index contributed by atoms with van der Waals surface area (Å²) in [4.78, 5) is 23.7. The lowest BCUT2D eigenvalue weighted by Crippen LogP contribution is -2.51. The summed E-state index contributed by atoms with van der Waals surface area (Å²) in [7, 11) is 0. The summed E-state index contributed by atoms with van der Waals surface area (Å²) in [6.45, 7) is 4.88. The first-order valence-corrected chi connectivity index (χ1v) is 7.52. The molecule has 0 aliphatic carbocycles. The van der Waals surface area contributed by atoms with Gasteiger partial charge in [0.05, 0.1) is 16.9 Å². The standard InChI is InChI=1S/C16H18ClN3O3/c1-4-16(3,15(22)23)18-14(21)13-9-20(19-10(13)2)12-7-5-11(17)6-8-12/h5-9H,4H2,1-3H3,(H,18,21)(H,22,23). The molecule has 0 saturated heterocycles. The van der Waals surface area contributed by atoms with Gasteiger partial charge in [0.1, 0.15) is 5.54 Å². The average Bonchev–Trinajstić information content (AvgIpc) is 2.89. The van der Waals surface area contributed by atoms with Gasteiger partial charge in [-0.1, -0.05) is 18.5 Å². The van der Waals surface area contributed by atoms with E-state index < -0.39 is 17.4 Å². The van der Waals surface area contributed by atoms with E-state index >= 15 is 0 Å². The molecule has 0 aliphatic rings. The van der Waals surface area contributed by atoms with E-state index in [1.165, 1.54) is 6.92 Å². The molecule has 0 saturated carbocycles. The molecule has 1 unspecified atom stereocenters. The number of carbonyl (C=O) groups is 2. The molecular formula is C16H18ClN3O3. The molecule has 0 aliphatic heterocycles. The lowest BCUT2D eigenvalue weighted by Gasteiger charge is -2.24. The largest absolute Gasteiger partial charge is 0.480 e. The quantitative estimate of drug-likeness (QED) is 0.880. The Labute approximate surface area is 139 Å². The Hall–Kier alpha value is -2.34. The van der Waals surface area contributed by atoms with Crippen LogP contribution in [0.1, 0.15) is 36.3 Å². The number of nitrogens with zero attached hydrogens (tertiary/aromatic N) is 2. The summed E-state index contributed by atoms with van der Waals surface area (Å²) in [6, 6.07) is 7.02. The van der Waals surface area contributed by atoms with E-state index in [-0.39, 0.29) is 6.42 Å². The Bertz CT molecular complexity index is 740. The number of hydrogen-bond acceptors (Lipinski definition) is 3. The van der Waals surface area contributed by atoms with Crippen molar-refractivity contribution in [3.63, 3.8) is 0 Å². The molecule has 1 atom stereocenters. The van der Waals surface area contributed by atoms with Crippen LogP contribution in [-0.2, 0) is 4.79 Å². The van der Waals surface area contributed by atoms with Gasteiger partial charge >= 0.3 is 5.97 Å². The molecule has 6 nitrogen and oxygen atoms in total. The van der Waals surface area contributed by atoms with Crippen LogP contribution in [0.5, 0.6) is 0 Å². The number of aromatic nitrogens is 2. The Balaban J connectivity index is 2.29. The van der Waals surface area contributed by atoms with Crippen LogP contribution in [0.2, 0.25) is 5.02 Å². The van der Waals surface area contributed by atoms with Gasteiger partial charge in [-0.05, 0) is 44.5 Å². The van der Waals surface area contributed by atoms with Crippen molar-refractivity contribution in [1.29, 1.82) is 0 Å². The van der Waals surface area contributed by atoms with Gasteiger partial charge in [-0.15, -0.1) is 0 Å². The predicted octanol–water partition coefficient (Wildman–Crippen LogP) is 2.82. The van der Waals surface area contributed by atoms with Crippen molar-refractivity contribution >= 4 is 23.5 Å². The van der Waals surface area contributed by atoms with Gasteiger partial charge in [0.15, 0.2) is 0 Å². The van der Waals surface area contributed by atoms with Crippen molar-refractivity contribution in [2.75, 3.05) is 0 Å². The lowest BCUT2D eigenvalue weighted by atomic mass is 9.98. The summed E-state index contributed by atoms with van der Waals surface area (Å²) < 4.78 is 1.56. The average molecular weight is 336 g/mol. The summed E-state index contributed by atoms with van der Waals surface area (Å²) >= 11 is 5.85. The number of rotatable bonds is 5. The molecule has 1 heterocycles. The summed E-state index contributed by atoms with van der Waals surface area (Å²) in [5.74, 6) is -1.54. The van der Waals surface area contributed by atoms with Crippen LogP contribution < -0.4 is 5.32 Å². The lowest BCUT2D eigenvalue weighted by molar-refractivity contribution is -0.143. The fourth-order valence-electron chi connectivity index (χ4n) is 2.02. The van der Waals surface area contributed by atoms with Crippen LogP contribution in [0.4, 0.5) is 0 Å². The molecule has 2 rings (SSSR count). The molecule has 2 aromatic rings. The van der Waals surface area contributed by atoms with E-state index in [0.717, 1.165) is 5.69 Å². The molecule has 0 fully saturated rings. The molecule has 7 heteroatoms. The first-order valence-electron chi connectivity index (χ1n) is 7.15. The van der Waals surface area contributed by atoms with Crippen LogP contribution in [0.3, 0.4) is 0 Å². The van der Waals surface area contributed by atoms with Crippen LogP contribution in [0.15, 0.2) is 30.5 Å². The maximum Gasteiger partial charge on any atom is 0.329 e. The first-order chi connectivity index (χ1) is 10.8. The summed E-state index contributed by atoms with van der Waals surface area (Å²) in [5, 5.41) is 16.7. The fraction of sp³-hybridized carbons (Fsp3) is 0.312. The highest BCUT2D eigenvalue weighted by molar-refractivity contribution is 6.30. The maximum atomic E-state index is 12.4. The minimum Gasteiger partial charge on any atom is -0.480 e. The molecule has 0 radical (unpaired) electrons. The fourth-order valence-corrected chi connectivity index (χ4v) is 2.15. The van der Waals surface area contributed by atoms with E-state index in [9.17, 15) is 14.7 Å². The first kappa shape index (κ1) is 17.0. The number of halogens is 1. The van der Waals surface area contributed by atoms with Crippen molar-refractivity contribution in [1.82, 2.24) is 15.1 Å². The Kier molecular flexibility index (Phi) is 4.75. The number of benzene rings is 1. The van der Waals surface area contributed by atoms with Crippen LogP contribution >= 0.6 is 11.6 Å². The van der Waals surface area contributed by atoms with Crippen molar-refractivity contribution in [3.05, 3.63) is 46.7 Å². The molecular weight excluding hydrogens is 318 g/mol. The summed E-state index contributed by atoms with van der Waals surface area (Å²) in [6.07, 6.45) is 1.85. The zero-order chi connectivity index (χ0) is 17.2. The molecule has 2 N–H and O–H groups in total. The molecule has 1 aromatic heterocycles. The Morgan fingerprint density at radius 3 is 2.48 bits per heavy atom. The number of aliphatic carboxylic acids is 1. The highest BCUT2D eigenvalue weighted by Crippen LogP contribution is 2.17. The topological polar surface area (TPSA) is 84.2 Å². The third kappa shape index (κ3) is 3.53. The monoisotopic (exact) mass is 335 g/mol. The number of nitrogens with one attached hydrogen (secondary N) is 1. The van der Waals surface area contributed by atoms with E-state index in [1.54, 1.807) is 49.0 Å². The second-order valence-electron chi connectivity index (χ2n) is 5.49. The number of aryl methyl sites for hydroxylation is 1. The van der Waals surface area contributed by atoms with Gasteiger partial charge < -0.3 is 10.4 Å². The minimum absolute atomic E-state index is 0.276. The molecule has 1 aromatic carbocycles. The van der Waals surface area contributed by atoms with Crippen molar-refractivity contribution in [2.45, 2.75) is 32.7 Å². The number of hydrogen-bond donors (Lipinski definition) is 2. The van der Waals surface area contributed by atoms with Crippen molar-refractivity contribution in [3.8, 4) is 5.69 Å². The molecule has 0 spiro atoms. The van der Waals surface area contributed by atoms with Gasteiger partial charge in [0.25, 0.3) is 5.91 Å². The summed E-state index contributed by atoms with van der Waals surface area (Å²) in [5.41, 5.74) is 0.293. The van der Waals surface area contributed by atoms with Crippen molar-refractivity contribution < 1.29 is 14.7 Å². The van der Waals surface area contributed by atoms with Gasteiger partial charge in [-0.3, -0.25) is 4.79 Å². The second-order valence-corrected chi connectivity index (χ2v) is 5.93. The second kappa shape index (κ2) is 6.42. The van der Waals surface area contributed by atoms with E-state index in [1.807, 2.05) is 0 Å². The third-order valence-electron chi connectivity index (χ3n) is 3.80. The number of amides is 1. The SMILES string of the molecule is CCC(C)(NC(=O)c1cn(-c2ccc(Cl)cc2)nc1C)C(=O)O. The third-order valence-corrected chi connectivity index (χ3v) is 4.06. The van der Waals surface area contributed by atoms with Crippen LogP contribution in [0.25, 0.3) is 5.69 Å². The highest BCUT2D eigenvalue weighted by Gasteiger charge is 2.33. The Morgan fingerprint density at radius 2 is 1.96 bits per heavy atom. The van der Waals surface area contributed by atoms with E-state index in [2.05, 4.69) is 10.4 Å². The Morgan fingerprint density at radius 1 is 1.35 bits per heavy atom. The maximum absolute atomic E-state index is 12.4. The number of carbonyl (C=O) groups excluding carboxylic acids is 1. The normalized spacial score (nSPS) is 13.4. The van der Waals surface area contributed by atoms with Gasteiger partial charge in [0.2, 0.25) is 0 Å². The van der Waals surface area contributed by atoms with Crippen LogP contribution in [-0.4, -0.2) is 32.3 Å². The minimum atomic E-state index is -1.31.